The van der Waals surface area contributed by atoms with Gasteiger partial charge in [-0.3, -0.25) is 4.79 Å². The second kappa shape index (κ2) is 9.78. The maximum Gasteiger partial charge on any atom is 0.261 e. The van der Waals surface area contributed by atoms with Gasteiger partial charge in [0.15, 0.2) is 6.10 Å². The molecule has 1 atom stereocenters. The highest BCUT2D eigenvalue weighted by atomic mass is 16.5. The Morgan fingerprint density at radius 2 is 1.31 bits per heavy atom. The van der Waals surface area contributed by atoms with Crippen molar-refractivity contribution < 1.29 is 14.3 Å². The van der Waals surface area contributed by atoms with E-state index in [-0.39, 0.29) is 12.0 Å². The monoisotopic (exact) mass is 389 g/mol. The Hall–Kier alpha value is -3.27. The largest absolute Gasteiger partial charge is 0.491 e. The Morgan fingerprint density at radius 3 is 1.93 bits per heavy atom. The van der Waals surface area contributed by atoms with Crippen LogP contribution in [-0.2, 0) is 11.3 Å². The molecule has 3 rings (SSSR count). The van der Waals surface area contributed by atoms with E-state index in [4.69, 9.17) is 9.47 Å². The zero-order valence-electron chi connectivity index (χ0n) is 17.1. The van der Waals surface area contributed by atoms with Gasteiger partial charge in [-0.1, -0.05) is 54.6 Å². The van der Waals surface area contributed by atoms with E-state index in [1.165, 1.54) is 0 Å². The van der Waals surface area contributed by atoms with Crippen molar-refractivity contribution in [3.05, 3.63) is 84.4 Å². The van der Waals surface area contributed by atoms with Crippen LogP contribution in [0.5, 0.6) is 11.5 Å². The van der Waals surface area contributed by atoms with Crippen LogP contribution in [0.25, 0.3) is 11.1 Å². The smallest absolute Gasteiger partial charge is 0.261 e. The van der Waals surface area contributed by atoms with Crippen molar-refractivity contribution in [3.8, 4) is 22.6 Å². The molecule has 0 aliphatic heterocycles. The number of benzene rings is 3. The van der Waals surface area contributed by atoms with Crippen molar-refractivity contribution in [2.24, 2.45) is 0 Å². The lowest BCUT2D eigenvalue weighted by Gasteiger charge is -2.15. The van der Waals surface area contributed by atoms with E-state index in [9.17, 15) is 4.79 Å². The Morgan fingerprint density at radius 1 is 0.759 bits per heavy atom. The molecule has 29 heavy (non-hydrogen) atoms. The third-order valence-electron chi connectivity index (χ3n) is 4.41. The van der Waals surface area contributed by atoms with Gasteiger partial charge in [0.1, 0.15) is 11.5 Å². The van der Waals surface area contributed by atoms with Gasteiger partial charge in [-0.25, -0.2) is 0 Å². The first kappa shape index (κ1) is 20.5. The predicted octanol–water partition coefficient (Wildman–Crippen LogP) is 5.22. The number of amides is 1. The van der Waals surface area contributed by atoms with Crippen molar-refractivity contribution in [2.45, 2.75) is 39.5 Å². The van der Waals surface area contributed by atoms with Crippen LogP contribution in [0.2, 0.25) is 0 Å². The molecule has 0 aliphatic carbocycles. The lowest BCUT2D eigenvalue weighted by Crippen LogP contribution is -2.35. The van der Waals surface area contributed by atoms with E-state index < -0.39 is 6.10 Å². The van der Waals surface area contributed by atoms with E-state index in [1.54, 1.807) is 6.92 Å². The summed E-state index contributed by atoms with van der Waals surface area (Å²) in [5.41, 5.74) is 3.27. The molecule has 150 valence electrons. The van der Waals surface area contributed by atoms with Gasteiger partial charge in [-0.15, -0.1) is 0 Å². The first-order valence-corrected chi connectivity index (χ1v) is 9.87. The normalized spacial score (nSPS) is 11.7. The summed E-state index contributed by atoms with van der Waals surface area (Å²) >= 11 is 0. The summed E-state index contributed by atoms with van der Waals surface area (Å²) in [6.45, 7) is 6.18. The quantitative estimate of drug-likeness (QED) is 0.574. The molecule has 0 heterocycles. The van der Waals surface area contributed by atoms with Gasteiger partial charge in [-0.2, -0.15) is 0 Å². The summed E-state index contributed by atoms with van der Waals surface area (Å²) in [6, 6.07) is 25.6. The van der Waals surface area contributed by atoms with Crippen LogP contribution in [-0.4, -0.2) is 18.1 Å². The number of hydrogen-bond acceptors (Lipinski definition) is 3. The third kappa shape index (κ3) is 6.11. The van der Waals surface area contributed by atoms with E-state index in [0.717, 1.165) is 22.4 Å². The van der Waals surface area contributed by atoms with Crippen LogP contribution in [0.3, 0.4) is 0 Å². The fourth-order valence-electron chi connectivity index (χ4n) is 2.91. The minimum atomic E-state index is -0.582. The van der Waals surface area contributed by atoms with Crippen LogP contribution in [0, 0.1) is 0 Å². The predicted molar refractivity (Wildman–Crippen MR) is 116 cm³/mol. The number of nitrogens with one attached hydrogen (secondary N) is 1. The third-order valence-corrected chi connectivity index (χ3v) is 4.41. The molecular formula is C25H27NO3. The standard InChI is InChI=1S/C25H27NO3/c1-18(2)28-23-13-9-20(10-14-23)17-26-25(27)19(3)29-24-15-11-22(12-16-24)21-7-5-4-6-8-21/h4-16,18-19H,17H2,1-3H3,(H,26,27). The van der Waals surface area contributed by atoms with Crippen LogP contribution in [0.4, 0.5) is 0 Å². The Bertz CT molecular complexity index is 903. The first-order valence-electron chi connectivity index (χ1n) is 9.87. The van der Waals surface area contributed by atoms with Gasteiger partial charge in [0.25, 0.3) is 5.91 Å². The molecule has 0 fully saturated rings. The molecule has 0 saturated carbocycles. The molecule has 1 N–H and O–H groups in total. The second-order valence-electron chi connectivity index (χ2n) is 7.18. The molecule has 4 nitrogen and oxygen atoms in total. The summed E-state index contributed by atoms with van der Waals surface area (Å²) < 4.78 is 11.4. The van der Waals surface area contributed by atoms with Crippen molar-refractivity contribution in [2.75, 3.05) is 0 Å². The highest BCUT2D eigenvalue weighted by molar-refractivity contribution is 5.80. The molecule has 0 spiro atoms. The minimum absolute atomic E-state index is 0.139. The van der Waals surface area contributed by atoms with Gasteiger partial charge < -0.3 is 14.8 Å². The number of hydrogen-bond donors (Lipinski definition) is 1. The van der Waals surface area contributed by atoms with E-state index >= 15 is 0 Å². The summed E-state index contributed by atoms with van der Waals surface area (Å²) in [5, 5.41) is 2.91. The zero-order chi connectivity index (χ0) is 20.6. The highest BCUT2D eigenvalue weighted by Crippen LogP contribution is 2.22. The molecule has 1 amide bonds. The van der Waals surface area contributed by atoms with Crippen LogP contribution < -0.4 is 14.8 Å². The van der Waals surface area contributed by atoms with Crippen molar-refractivity contribution in [1.82, 2.24) is 5.32 Å². The summed E-state index contributed by atoms with van der Waals surface area (Å²) in [7, 11) is 0. The molecule has 0 bridgehead atoms. The van der Waals surface area contributed by atoms with Gasteiger partial charge in [0.05, 0.1) is 6.10 Å². The summed E-state index contributed by atoms with van der Waals surface area (Å²) in [5.74, 6) is 1.34. The van der Waals surface area contributed by atoms with Crippen molar-refractivity contribution >= 4 is 5.91 Å². The molecule has 3 aromatic rings. The Labute approximate surface area is 172 Å². The number of carbonyl (C=O) groups is 1. The Balaban J connectivity index is 1.50. The van der Waals surface area contributed by atoms with Crippen LogP contribution in [0.1, 0.15) is 26.3 Å². The molecule has 0 saturated heterocycles. The lowest BCUT2D eigenvalue weighted by molar-refractivity contribution is -0.127. The SMILES string of the molecule is CC(C)Oc1ccc(CNC(=O)C(C)Oc2ccc(-c3ccccc3)cc2)cc1. The van der Waals surface area contributed by atoms with Crippen LogP contribution >= 0.6 is 0 Å². The Kier molecular flexibility index (Phi) is 6.90. The van der Waals surface area contributed by atoms with Crippen molar-refractivity contribution in [1.29, 1.82) is 0 Å². The molecule has 4 heteroatoms. The van der Waals surface area contributed by atoms with Crippen molar-refractivity contribution in [3.63, 3.8) is 0 Å². The second-order valence-corrected chi connectivity index (χ2v) is 7.18. The molecule has 0 aliphatic rings. The minimum Gasteiger partial charge on any atom is -0.491 e. The van der Waals surface area contributed by atoms with Gasteiger partial charge in [0, 0.05) is 6.54 Å². The maximum atomic E-state index is 12.4. The lowest BCUT2D eigenvalue weighted by atomic mass is 10.1. The average Bonchev–Trinajstić information content (AvgIpc) is 2.74. The topological polar surface area (TPSA) is 47.6 Å². The molecule has 1 unspecified atom stereocenters. The average molecular weight is 389 g/mol. The fourth-order valence-corrected chi connectivity index (χ4v) is 2.91. The maximum absolute atomic E-state index is 12.4. The number of rotatable bonds is 8. The van der Waals surface area contributed by atoms with Gasteiger partial charge in [0.2, 0.25) is 0 Å². The van der Waals surface area contributed by atoms with E-state index in [2.05, 4.69) is 17.4 Å². The molecule has 0 aromatic heterocycles. The van der Waals surface area contributed by atoms with Gasteiger partial charge >= 0.3 is 0 Å². The highest BCUT2D eigenvalue weighted by Gasteiger charge is 2.14. The molecular weight excluding hydrogens is 362 g/mol. The van der Waals surface area contributed by atoms with E-state index in [1.807, 2.05) is 80.6 Å². The number of ether oxygens (including phenoxy) is 2. The fraction of sp³-hybridized carbons (Fsp3) is 0.240. The summed E-state index contributed by atoms with van der Waals surface area (Å²) in [6.07, 6.45) is -0.443. The zero-order valence-corrected chi connectivity index (χ0v) is 17.1. The van der Waals surface area contributed by atoms with Crippen LogP contribution in [0.15, 0.2) is 78.9 Å². The molecule has 3 aromatic carbocycles. The summed E-state index contributed by atoms with van der Waals surface area (Å²) in [4.78, 5) is 12.4. The first-order chi connectivity index (χ1) is 14.0. The molecule has 0 radical (unpaired) electrons. The van der Waals surface area contributed by atoms with Gasteiger partial charge in [-0.05, 0) is 61.7 Å². The van der Waals surface area contributed by atoms with E-state index in [0.29, 0.717) is 12.3 Å². The number of carbonyl (C=O) groups excluding carboxylic acids is 1.